The molecule has 0 unspecified atom stereocenters. The molecule has 0 aromatic carbocycles. The number of fused-ring (bicyclic) bond motifs is 1. The van der Waals surface area contributed by atoms with Crippen molar-refractivity contribution in [3.8, 4) is 0 Å². The van der Waals surface area contributed by atoms with Crippen molar-refractivity contribution < 1.29 is 4.79 Å². The highest BCUT2D eigenvalue weighted by atomic mass is 16.2. The van der Waals surface area contributed by atoms with Gasteiger partial charge in [0.25, 0.3) is 5.91 Å². The molecule has 7 nitrogen and oxygen atoms in total. The maximum Gasteiger partial charge on any atom is 0.256 e. The van der Waals surface area contributed by atoms with Crippen LogP contribution in [0.25, 0.3) is 0 Å². The molecule has 98 valence electrons. The van der Waals surface area contributed by atoms with Crippen molar-refractivity contribution in [3.05, 3.63) is 36.2 Å². The van der Waals surface area contributed by atoms with Gasteiger partial charge in [0.15, 0.2) is 5.82 Å². The highest BCUT2D eigenvalue weighted by Crippen LogP contribution is 2.18. The molecule has 2 aromatic rings. The zero-order chi connectivity index (χ0) is 13.2. The molecular weight excluding hydrogens is 244 g/mol. The second-order valence-electron chi connectivity index (χ2n) is 4.34. The van der Waals surface area contributed by atoms with Crippen LogP contribution < -0.4 is 5.32 Å². The molecule has 3 heterocycles. The highest BCUT2D eigenvalue weighted by Gasteiger charge is 2.24. The maximum atomic E-state index is 12.5. The fourth-order valence-electron chi connectivity index (χ4n) is 2.19. The first-order chi connectivity index (χ1) is 9.29. The van der Waals surface area contributed by atoms with E-state index < -0.39 is 0 Å². The van der Waals surface area contributed by atoms with Crippen LogP contribution >= 0.6 is 0 Å². The maximum absolute atomic E-state index is 12.5. The van der Waals surface area contributed by atoms with Crippen LogP contribution in [0.5, 0.6) is 0 Å². The summed E-state index contributed by atoms with van der Waals surface area (Å²) in [6, 6.07) is 1.73. The molecule has 19 heavy (non-hydrogen) atoms. The Morgan fingerprint density at radius 3 is 3.16 bits per heavy atom. The lowest BCUT2D eigenvalue weighted by Crippen LogP contribution is -2.38. The van der Waals surface area contributed by atoms with Gasteiger partial charge in [-0.2, -0.15) is 0 Å². The predicted octanol–water partition coefficient (Wildman–Crippen LogP) is 0.371. The first kappa shape index (κ1) is 11.6. The molecule has 0 bridgehead atoms. The van der Waals surface area contributed by atoms with Gasteiger partial charge in [-0.05, 0) is 6.07 Å². The molecule has 0 aliphatic carbocycles. The van der Waals surface area contributed by atoms with Gasteiger partial charge < -0.3 is 14.8 Å². The van der Waals surface area contributed by atoms with Gasteiger partial charge in [0.05, 0.1) is 24.0 Å². The van der Waals surface area contributed by atoms with Crippen LogP contribution in [0.4, 0.5) is 5.69 Å². The summed E-state index contributed by atoms with van der Waals surface area (Å²) in [6.45, 7) is 1.88. The second-order valence-corrected chi connectivity index (χ2v) is 4.34. The van der Waals surface area contributed by atoms with Gasteiger partial charge in [0, 0.05) is 26.3 Å². The number of pyridine rings is 1. The van der Waals surface area contributed by atoms with E-state index in [2.05, 4.69) is 20.5 Å². The normalized spacial score (nSPS) is 14.1. The Balaban J connectivity index is 1.85. The van der Waals surface area contributed by atoms with Crippen molar-refractivity contribution in [3.63, 3.8) is 0 Å². The summed E-state index contributed by atoms with van der Waals surface area (Å²) in [7, 11) is 1.78. The molecule has 1 aliphatic heterocycles. The van der Waals surface area contributed by atoms with E-state index in [1.807, 2.05) is 4.57 Å². The van der Waals surface area contributed by atoms with Crippen LogP contribution in [-0.2, 0) is 13.1 Å². The summed E-state index contributed by atoms with van der Waals surface area (Å²) < 4.78 is 1.97. The van der Waals surface area contributed by atoms with Gasteiger partial charge in [0.2, 0.25) is 0 Å². The quantitative estimate of drug-likeness (QED) is 0.842. The summed E-state index contributed by atoms with van der Waals surface area (Å²) >= 11 is 0. The molecule has 0 atom stereocenters. The average molecular weight is 258 g/mol. The molecule has 1 aliphatic rings. The topological polar surface area (TPSA) is 75.9 Å². The Kier molecular flexibility index (Phi) is 2.86. The number of anilines is 1. The van der Waals surface area contributed by atoms with Crippen molar-refractivity contribution in [2.75, 3.05) is 18.9 Å². The first-order valence-electron chi connectivity index (χ1n) is 6.07. The monoisotopic (exact) mass is 258 g/mol. The number of amides is 1. The number of carbonyl (C=O) groups is 1. The molecule has 0 saturated carbocycles. The van der Waals surface area contributed by atoms with Crippen molar-refractivity contribution in [2.24, 2.45) is 0 Å². The van der Waals surface area contributed by atoms with Crippen LogP contribution in [0, 0.1) is 0 Å². The first-order valence-corrected chi connectivity index (χ1v) is 6.07. The molecule has 7 heteroatoms. The minimum atomic E-state index is -0.0130. The Bertz CT molecular complexity index is 608. The predicted molar refractivity (Wildman–Crippen MR) is 68.5 cm³/mol. The van der Waals surface area contributed by atoms with Gasteiger partial charge in [-0.3, -0.25) is 9.78 Å². The third kappa shape index (κ3) is 2.03. The van der Waals surface area contributed by atoms with Crippen molar-refractivity contribution in [1.82, 2.24) is 24.6 Å². The van der Waals surface area contributed by atoms with E-state index >= 15 is 0 Å². The van der Waals surface area contributed by atoms with Gasteiger partial charge in [-0.1, -0.05) is 0 Å². The molecular formula is C12H14N6O. The SMILES string of the molecule is CNc1cnccc1C(=O)N1CCn2cnnc2C1. The lowest BCUT2D eigenvalue weighted by molar-refractivity contribution is 0.0708. The number of hydrogen-bond acceptors (Lipinski definition) is 5. The summed E-state index contributed by atoms with van der Waals surface area (Å²) in [5.74, 6) is 0.806. The smallest absolute Gasteiger partial charge is 0.256 e. The van der Waals surface area contributed by atoms with Crippen LogP contribution in [0.15, 0.2) is 24.8 Å². The Labute approximate surface area is 110 Å². The standard InChI is InChI=1S/C12H14N6O/c1-13-10-6-14-3-2-9(10)12(19)17-4-5-18-8-15-16-11(18)7-17/h2-3,6,8,13H,4-5,7H2,1H3. The van der Waals surface area contributed by atoms with E-state index in [4.69, 9.17) is 0 Å². The van der Waals surface area contributed by atoms with Gasteiger partial charge >= 0.3 is 0 Å². The van der Waals surface area contributed by atoms with Crippen molar-refractivity contribution >= 4 is 11.6 Å². The van der Waals surface area contributed by atoms with Gasteiger partial charge in [0.1, 0.15) is 6.33 Å². The molecule has 1 amide bonds. The zero-order valence-corrected chi connectivity index (χ0v) is 10.6. The Hall–Kier alpha value is -2.44. The van der Waals surface area contributed by atoms with E-state index in [9.17, 15) is 4.79 Å². The Morgan fingerprint density at radius 2 is 2.32 bits per heavy atom. The average Bonchev–Trinajstić information content (AvgIpc) is 2.93. The summed E-state index contributed by atoms with van der Waals surface area (Å²) in [5, 5.41) is 10.9. The van der Waals surface area contributed by atoms with E-state index in [-0.39, 0.29) is 5.91 Å². The van der Waals surface area contributed by atoms with Crippen molar-refractivity contribution in [1.29, 1.82) is 0 Å². The number of hydrogen-bond donors (Lipinski definition) is 1. The van der Waals surface area contributed by atoms with Crippen LogP contribution in [0.2, 0.25) is 0 Å². The fraction of sp³-hybridized carbons (Fsp3) is 0.333. The number of nitrogens with zero attached hydrogens (tertiary/aromatic N) is 5. The van der Waals surface area contributed by atoms with Crippen LogP contribution in [0.3, 0.4) is 0 Å². The summed E-state index contributed by atoms with van der Waals surface area (Å²) in [6.07, 6.45) is 4.98. The number of carbonyl (C=O) groups excluding carboxylic acids is 1. The van der Waals surface area contributed by atoms with Crippen LogP contribution in [-0.4, -0.2) is 44.1 Å². The number of nitrogens with one attached hydrogen (secondary N) is 1. The molecule has 3 rings (SSSR count). The molecule has 0 fully saturated rings. The third-order valence-corrected chi connectivity index (χ3v) is 3.25. The van der Waals surface area contributed by atoms with Gasteiger partial charge in [-0.15, -0.1) is 10.2 Å². The van der Waals surface area contributed by atoms with E-state index in [0.29, 0.717) is 18.7 Å². The largest absolute Gasteiger partial charge is 0.386 e. The molecule has 0 radical (unpaired) electrons. The third-order valence-electron chi connectivity index (χ3n) is 3.25. The molecule has 0 saturated heterocycles. The van der Waals surface area contributed by atoms with E-state index in [0.717, 1.165) is 18.1 Å². The minimum Gasteiger partial charge on any atom is -0.386 e. The van der Waals surface area contributed by atoms with Crippen LogP contribution in [0.1, 0.15) is 16.2 Å². The number of rotatable bonds is 2. The minimum absolute atomic E-state index is 0.0130. The highest BCUT2D eigenvalue weighted by molar-refractivity contribution is 5.99. The summed E-state index contributed by atoms with van der Waals surface area (Å²) in [4.78, 5) is 18.3. The molecule has 1 N–H and O–H groups in total. The lowest BCUT2D eigenvalue weighted by Gasteiger charge is -2.27. The number of aromatic nitrogens is 4. The molecule has 0 spiro atoms. The summed E-state index contributed by atoms with van der Waals surface area (Å²) in [5.41, 5.74) is 1.37. The van der Waals surface area contributed by atoms with E-state index in [1.165, 1.54) is 0 Å². The zero-order valence-electron chi connectivity index (χ0n) is 10.6. The molecule has 2 aromatic heterocycles. The lowest BCUT2D eigenvalue weighted by atomic mass is 10.2. The second kappa shape index (κ2) is 4.68. The van der Waals surface area contributed by atoms with Gasteiger partial charge in [-0.25, -0.2) is 0 Å². The Morgan fingerprint density at radius 1 is 1.42 bits per heavy atom. The van der Waals surface area contributed by atoms with E-state index in [1.54, 1.807) is 36.7 Å². The van der Waals surface area contributed by atoms with Crippen molar-refractivity contribution in [2.45, 2.75) is 13.1 Å². The fourth-order valence-corrected chi connectivity index (χ4v) is 2.19.